The van der Waals surface area contributed by atoms with Gasteiger partial charge in [-0.05, 0) is 37.4 Å². The highest BCUT2D eigenvalue weighted by atomic mass is 16.5. The minimum Gasteiger partial charge on any atom is -0.483 e. The molecule has 0 saturated carbocycles. The van der Waals surface area contributed by atoms with E-state index < -0.39 is 0 Å². The molecular weight excluding hydrogens is 340 g/mol. The van der Waals surface area contributed by atoms with E-state index in [1.165, 1.54) is 5.56 Å². The normalized spacial score (nSPS) is 20.3. The van der Waals surface area contributed by atoms with Crippen molar-refractivity contribution in [3.8, 4) is 5.75 Å². The van der Waals surface area contributed by atoms with Gasteiger partial charge in [0.15, 0.2) is 6.61 Å². The van der Waals surface area contributed by atoms with Gasteiger partial charge in [-0.3, -0.25) is 14.4 Å². The second-order valence-electron chi connectivity index (χ2n) is 7.65. The lowest BCUT2D eigenvalue weighted by Gasteiger charge is -2.20. The zero-order valence-corrected chi connectivity index (χ0v) is 16.0. The fourth-order valence-electron chi connectivity index (χ4n) is 4.11. The van der Waals surface area contributed by atoms with Crippen molar-refractivity contribution in [1.29, 1.82) is 0 Å². The lowest BCUT2D eigenvalue weighted by atomic mass is 10.0. The Morgan fingerprint density at radius 3 is 2.81 bits per heavy atom. The van der Waals surface area contributed by atoms with Crippen molar-refractivity contribution in [3.05, 3.63) is 47.8 Å². The third-order valence-corrected chi connectivity index (χ3v) is 5.65. The molecule has 6 heteroatoms. The first-order valence-electron chi connectivity index (χ1n) is 9.88. The predicted molar refractivity (Wildman–Crippen MR) is 104 cm³/mol. The number of carbonyl (C=O) groups is 1. The Hall–Kier alpha value is -2.34. The summed E-state index contributed by atoms with van der Waals surface area (Å²) in [5, 5.41) is 4.30. The van der Waals surface area contributed by atoms with Crippen LogP contribution in [0.15, 0.2) is 36.7 Å². The topological polar surface area (TPSA) is 50.6 Å². The molecule has 6 nitrogen and oxygen atoms in total. The third-order valence-electron chi connectivity index (χ3n) is 5.65. The standard InChI is InChI=1S/C21H28N4O2/c1-23-13-19(12-22-23)17-8-11-24(14-17)15-18-6-2-3-7-20(18)27-16-21(26)25-9-4-5-10-25/h2-3,6-7,12-13,17H,4-5,8-11,14-16H2,1H3. The number of para-hydroxylation sites is 1. The number of hydrogen-bond acceptors (Lipinski definition) is 4. The quantitative estimate of drug-likeness (QED) is 0.786. The molecule has 3 heterocycles. The molecule has 0 bridgehead atoms. The highest BCUT2D eigenvalue weighted by Gasteiger charge is 2.25. The fourth-order valence-corrected chi connectivity index (χ4v) is 4.11. The summed E-state index contributed by atoms with van der Waals surface area (Å²) in [6.07, 6.45) is 7.47. The van der Waals surface area contributed by atoms with Crippen LogP contribution in [-0.2, 0) is 18.4 Å². The smallest absolute Gasteiger partial charge is 0.260 e. The van der Waals surface area contributed by atoms with Gasteiger partial charge in [0.05, 0.1) is 6.20 Å². The van der Waals surface area contributed by atoms with E-state index in [2.05, 4.69) is 22.3 Å². The van der Waals surface area contributed by atoms with Crippen LogP contribution in [0.25, 0.3) is 0 Å². The molecule has 1 aromatic carbocycles. The van der Waals surface area contributed by atoms with Crippen LogP contribution in [0.1, 0.15) is 36.3 Å². The maximum Gasteiger partial charge on any atom is 0.260 e. The van der Waals surface area contributed by atoms with Crippen LogP contribution < -0.4 is 4.74 Å². The van der Waals surface area contributed by atoms with Gasteiger partial charge in [-0.2, -0.15) is 5.10 Å². The number of benzene rings is 1. The molecule has 2 aliphatic rings. The van der Waals surface area contributed by atoms with Crippen molar-refractivity contribution in [2.24, 2.45) is 7.05 Å². The van der Waals surface area contributed by atoms with E-state index in [0.717, 1.165) is 63.3 Å². The number of likely N-dealkylation sites (tertiary alicyclic amines) is 2. The van der Waals surface area contributed by atoms with E-state index in [-0.39, 0.29) is 12.5 Å². The number of hydrogen-bond donors (Lipinski definition) is 0. The van der Waals surface area contributed by atoms with Gasteiger partial charge in [0.25, 0.3) is 5.91 Å². The molecule has 4 rings (SSSR count). The first-order valence-corrected chi connectivity index (χ1v) is 9.88. The second kappa shape index (κ2) is 8.13. The summed E-state index contributed by atoms with van der Waals surface area (Å²) in [7, 11) is 1.97. The largest absolute Gasteiger partial charge is 0.483 e. The number of rotatable bonds is 6. The number of amides is 1. The van der Waals surface area contributed by atoms with Gasteiger partial charge < -0.3 is 9.64 Å². The molecule has 0 radical (unpaired) electrons. The third kappa shape index (κ3) is 4.33. The van der Waals surface area contributed by atoms with E-state index in [0.29, 0.717) is 5.92 Å². The van der Waals surface area contributed by atoms with Crippen LogP contribution in [0.5, 0.6) is 5.75 Å². The van der Waals surface area contributed by atoms with Crippen molar-refractivity contribution >= 4 is 5.91 Å². The van der Waals surface area contributed by atoms with Crippen molar-refractivity contribution < 1.29 is 9.53 Å². The Kier molecular flexibility index (Phi) is 5.43. The molecule has 27 heavy (non-hydrogen) atoms. The SMILES string of the molecule is Cn1cc(C2CCN(Cc3ccccc3OCC(=O)N3CCCC3)C2)cn1. The van der Waals surface area contributed by atoms with Crippen molar-refractivity contribution in [1.82, 2.24) is 19.6 Å². The van der Waals surface area contributed by atoms with Gasteiger partial charge in [-0.25, -0.2) is 0 Å². The molecule has 2 saturated heterocycles. The van der Waals surface area contributed by atoms with Crippen molar-refractivity contribution in [2.75, 3.05) is 32.8 Å². The molecule has 2 aromatic rings. The maximum absolute atomic E-state index is 12.3. The van der Waals surface area contributed by atoms with Gasteiger partial charge in [-0.15, -0.1) is 0 Å². The number of carbonyl (C=O) groups excluding carboxylic acids is 1. The zero-order chi connectivity index (χ0) is 18.6. The van der Waals surface area contributed by atoms with E-state index in [9.17, 15) is 4.79 Å². The second-order valence-corrected chi connectivity index (χ2v) is 7.65. The number of ether oxygens (including phenoxy) is 1. The molecular formula is C21H28N4O2. The number of aromatic nitrogens is 2. The Morgan fingerprint density at radius 2 is 2.04 bits per heavy atom. The summed E-state index contributed by atoms with van der Waals surface area (Å²) in [5.41, 5.74) is 2.47. The molecule has 0 spiro atoms. The summed E-state index contributed by atoms with van der Waals surface area (Å²) in [4.78, 5) is 16.6. The molecule has 144 valence electrons. The molecule has 2 aliphatic heterocycles. The molecule has 0 aliphatic carbocycles. The van der Waals surface area contributed by atoms with Gasteiger partial charge >= 0.3 is 0 Å². The van der Waals surface area contributed by atoms with Gasteiger partial charge in [0.1, 0.15) is 5.75 Å². The summed E-state index contributed by atoms with van der Waals surface area (Å²) in [6, 6.07) is 8.09. The van der Waals surface area contributed by atoms with Crippen LogP contribution in [-0.4, -0.2) is 58.3 Å². The van der Waals surface area contributed by atoms with E-state index in [4.69, 9.17) is 4.74 Å². The Morgan fingerprint density at radius 1 is 1.22 bits per heavy atom. The monoisotopic (exact) mass is 368 g/mol. The Labute approximate surface area is 160 Å². The average molecular weight is 368 g/mol. The summed E-state index contributed by atoms with van der Waals surface area (Å²) in [5.74, 6) is 1.47. The first kappa shape index (κ1) is 18.0. The fraction of sp³-hybridized carbons (Fsp3) is 0.524. The van der Waals surface area contributed by atoms with Crippen LogP contribution in [0.4, 0.5) is 0 Å². The average Bonchev–Trinajstić information content (AvgIpc) is 3.42. The van der Waals surface area contributed by atoms with Crippen LogP contribution in [0.3, 0.4) is 0 Å². The number of aryl methyl sites for hydroxylation is 1. The highest BCUT2D eigenvalue weighted by Crippen LogP contribution is 2.29. The zero-order valence-electron chi connectivity index (χ0n) is 16.0. The van der Waals surface area contributed by atoms with E-state index >= 15 is 0 Å². The Bertz CT molecular complexity index is 782. The molecule has 1 aromatic heterocycles. The minimum atomic E-state index is 0.0973. The first-order chi connectivity index (χ1) is 13.2. The molecule has 1 unspecified atom stereocenters. The predicted octanol–water partition coefficient (Wildman–Crippen LogP) is 2.41. The summed E-state index contributed by atoms with van der Waals surface area (Å²) >= 11 is 0. The molecule has 2 fully saturated rings. The molecule has 1 atom stereocenters. The van der Waals surface area contributed by atoms with Gasteiger partial charge in [0, 0.05) is 50.9 Å². The lowest BCUT2D eigenvalue weighted by molar-refractivity contribution is -0.132. The Balaban J connectivity index is 1.34. The highest BCUT2D eigenvalue weighted by molar-refractivity contribution is 5.78. The van der Waals surface area contributed by atoms with Crippen molar-refractivity contribution in [2.45, 2.75) is 31.7 Å². The van der Waals surface area contributed by atoms with Crippen LogP contribution in [0, 0.1) is 0 Å². The van der Waals surface area contributed by atoms with E-state index in [1.807, 2.05) is 41.0 Å². The molecule has 0 N–H and O–H groups in total. The summed E-state index contributed by atoms with van der Waals surface area (Å²) in [6.45, 7) is 4.83. The number of nitrogens with zero attached hydrogens (tertiary/aromatic N) is 4. The van der Waals surface area contributed by atoms with Gasteiger partial charge in [0.2, 0.25) is 0 Å². The van der Waals surface area contributed by atoms with Crippen LogP contribution >= 0.6 is 0 Å². The van der Waals surface area contributed by atoms with E-state index in [1.54, 1.807) is 0 Å². The van der Waals surface area contributed by atoms with Crippen molar-refractivity contribution in [3.63, 3.8) is 0 Å². The molecule has 1 amide bonds. The van der Waals surface area contributed by atoms with Crippen LogP contribution in [0.2, 0.25) is 0 Å². The van der Waals surface area contributed by atoms with Gasteiger partial charge in [-0.1, -0.05) is 18.2 Å². The minimum absolute atomic E-state index is 0.0973. The maximum atomic E-state index is 12.3. The summed E-state index contributed by atoms with van der Waals surface area (Å²) < 4.78 is 7.78. The lowest BCUT2D eigenvalue weighted by Crippen LogP contribution is -2.32.